The Balaban J connectivity index is 1.91. The van der Waals surface area contributed by atoms with Gasteiger partial charge in [-0.2, -0.15) is 0 Å². The Labute approximate surface area is 162 Å². The summed E-state index contributed by atoms with van der Waals surface area (Å²) in [5.41, 5.74) is 5.12. The molecule has 146 valence electrons. The van der Waals surface area contributed by atoms with Crippen molar-refractivity contribution >= 4 is 17.3 Å². The molecular weight excluding hydrogens is 361 g/mol. The lowest BCUT2D eigenvalue weighted by Crippen LogP contribution is -2.36. The van der Waals surface area contributed by atoms with Crippen LogP contribution in [0.5, 0.6) is 0 Å². The fourth-order valence-corrected chi connectivity index (χ4v) is 3.64. The number of carbonyl (C=O) groups is 1. The van der Waals surface area contributed by atoms with Crippen molar-refractivity contribution in [3.8, 4) is 11.1 Å². The van der Waals surface area contributed by atoms with Gasteiger partial charge in [-0.05, 0) is 43.2 Å². The number of benzene rings is 1. The molecular formula is C21H22FN3O3. The molecule has 1 aliphatic rings. The van der Waals surface area contributed by atoms with E-state index in [0.717, 1.165) is 46.8 Å². The number of imidazole rings is 1. The van der Waals surface area contributed by atoms with Crippen molar-refractivity contribution in [2.75, 3.05) is 38.3 Å². The molecule has 3 heterocycles. The molecule has 6 nitrogen and oxygen atoms in total. The van der Waals surface area contributed by atoms with Crippen LogP contribution in [0.25, 0.3) is 16.8 Å². The quantitative estimate of drug-likeness (QED) is 0.649. The van der Waals surface area contributed by atoms with Crippen LogP contribution in [0.1, 0.15) is 21.6 Å². The summed E-state index contributed by atoms with van der Waals surface area (Å²) < 4.78 is 26.5. The third-order valence-corrected chi connectivity index (χ3v) is 5.03. The van der Waals surface area contributed by atoms with Crippen LogP contribution in [0.3, 0.4) is 0 Å². The lowest BCUT2D eigenvalue weighted by atomic mass is 9.98. The molecule has 1 fully saturated rings. The molecule has 28 heavy (non-hydrogen) atoms. The van der Waals surface area contributed by atoms with Gasteiger partial charge < -0.3 is 18.8 Å². The maximum atomic E-state index is 14.3. The smallest absolute Gasteiger partial charge is 0.340 e. The van der Waals surface area contributed by atoms with E-state index in [1.807, 2.05) is 36.7 Å². The summed E-state index contributed by atoms with van der Waals surface area (Å²) in [4.78, 5) is 18.9. The molecule has 2 aromatic heterocycles. The summed E-state index contributed by atoms with van der Waals surface area (Å²) in [5.74, 6) is -1.27. The molecule has 7 heteroatoms. The summed E-state index contributed by atoms with van der Waals surface area (Å²) in [5, 5.41) is 0. The molecule has 0 spiro atoms. The molecule has 1 aromatic carbocycles. The first-order chi connectivity index (χ1) is 13.5. The molecule has 0 radical (unpaired) electrons. The first-order valence-corrected chi connectivity index (χ1v) is 9.19. The van der Waals surface area contributed by atoms with Crippen LogP contribution in [0.15, 0.2) is 30.6 Å². The number of halogens is 1. The van der Waals surface area contributed by atoms with Gasteiger partial charge in [0, 0.05) is 31.0 Å². The summed E-state index contributed by atoms with van der Waals surface area (Å²) in [6, 6.07) is 4.98. The largest absolute Gasteiger partial charge is 0.465 e. The Morgan fingerprint density at radius 3 is 2.64 bits per heavy atom. The molecule has 0 atom stereocenters. The van der Waals surface area contributed by atoms with E-state index in [2.05, 4.69) is 9.88 Å². The number of ether oxygens (including phenoxy) is 2. The van der Waals surface area contributed by atoms with Crippen LogP contribution in [0.2, 0.25) is 0 Å². The Morgan fingerprint density at radius 2 is 1.93 bits per heavy atom. The van der Waals surface area contributed by atoms with E-state index in [-0.39, 0.29) is 5.56 Å². The van der Waals surface area contributed by atoms with Gasteiger partial charge in [0.1, 0.15) is 5.82 Å². The molecule has 4 rings (SSSR count). The molecule has 0 aliphatic carbocycles. The minimum atomic E-state index is -0.688. The number of esters is 1. The highest BCUT2D eigenvalue weighted by molar-refractivity contribution is 5.92. The Bertz CT molecular complexity index is 1050. The predicted octanol–water partition coefficient (Wildman–Crippen LogP) is 3.38. The fourth-order valence-electron chi connectivity index (χ4n) is 3.64. The number of anilines is 1. The average molecular weight is 383 g/mol. The number of carbonyl (C=O) groups excluding carboxylic acids is 1. The highest BCUT2D eigenvalue weighted by Crippen LogP contribution is 2.32. The summed E-state index contributed by atoms with van der Waals surface area (Å²) in [7, 11) is 1.25. The second-order valence-electron chi connectivity index (χ2n) is 6.97. The van der Waals surface area contributed by atoms with Crippen LogP contribution in [-0.2, 0) is 9.47 Å². The third kappa shape index (κ3) is 3.22. The van der Waals surface area contributed by atoms with Gasteiger partial charge in [-0.3, -0.25) is 0 Å². The van der Waals surface area contributed by atoms with Crippen molar-refractivity contribution in [2.45, 2.75) is 13.8 Å². The zero-order chi connectivity index (χ0) is 19.8. The van der Waals surface area contributed by atoms with Crippen LogP contribution in [0, 0.1) is 19.7 Å². The zero-order valence-corrected chi connectivity index (χ0v) is 16.2. The van der Waals surface area contributed by atoms with E-state index >= 15 is 0 Å². The summed E-state index contributed by atoms with van der Waals surface area (Å²) >= 11 is 0. The topological polar surface area (TPSA) is 56.1 Å². The Kier molecular flexibility index (Phi) is 4.77. The van der Waals surface area contributed by atoms with Gasteiger partial charge in [-0.15, -0.1) is 0 Å². The predicted molar refractivity (Wildman–Crippen MR) is 104 cm³/mol. The SMILES string of the molecule is COC(=O)c1cc(-c2cc(N3CCOCC3)c3nc(C)cn3c2)c(C)cc1F. The number of methoxy groups -OCH3 is 1. The highest BCUT2D eigenvalue weighted by atomic mass is 19.1. The van der Waals surface area contributed by atoms with E-state index in [9.17, 15) is 9.18 Å². The van der Waals surface area contributed by atoms with Gasteiger partial charge in [-0.25, -0.2) is 14.2 Å². The lowest BCUT2D eigenvalue weighted by Gasteiger charge is -2.29. The van der Waals surface area contributed by atoms with Crippen molar-refractivity contribution in [3.63, 3.8) is 0 Å². The Morgan fingerprint density at radius 1 is 1.18 bits per heavy atom. The minimum Gasteiger partial charge on any atom is -0.465 e. The Hall–Kier alpha value is -2.93. The third-order valence-electron chi connectivity index (χ3n) is 5.03. The van der Waals surface area contributed by atoms with E-state index in [1.165, 1.54) is 13.2 Å². The molecule has 3 aromatic rings. The number of aromatic nitrogens is 2. The number of fused-ring (bicyclic) bond motifs is 1. The standard InChI is InChI=1S/C21H22FN3O3/c1-13-8-18(22)17(21(26)27-3)10-16(13)15-9-19(24-4-6-28-7-5-24)20-23-14(2)11-25(20)12-15/h8-12H,4-7H2,1-3H3. The zero-order valence-electron chi connectivity index (χ0n) is 16.2. The minimum absolute atomic E-state index is 0.0714. The number of aryl methyl sites for hydroxylation is 2. The fraction of sp³-hybridized carbons (Fsp3) is 0.333. The van der Waals surface area contributed by atoms with Gasteiger partial charge >= 0.3 is 5.97 Å². The van der Waals surface area contributed by atoms with Crippen LogP contribution < -0.4 is 4.90 Å². The molecule has 1 saturated heterocycles. The second-order valence-corrected chi connectivity index (χ2v) is 6.97. The number of rotatable bonds is 3. The van der Waals surface area contributed by atoms with E-state index < -0.39 is 11.8 Å². The maximum Gasteiger partial charge on any atom is 0.340 e. The van der Waals surface area contributed by atoms with Crippen molar-refractivity contribution in [2.24, 2.45) is 0 Å². The van der Waals surface area contributed by atoms with Gasteiger partial charge in [0.25, 0.3) is 0 Å². The van der Waals surface area contributed by atoms with Gasteiger partial charge in [0.05, 0.1) is 37.3 Å². The second kappa shape index (κ2) is 7.24. The molecule has 0 amide bonds. The summed E-state index contributed by atoms with van der Waals surface area (Å²) in [6.07, 6.45) is 3.92. The molecule has 1 aliphatic heterocycles. The first kappa shape index (κ1) is 18.4. The lowest BCUT2D eigenvalue weighted by molar-refractivity contribution is 0.0595. The van der Waals surface area contributed by atoms with Crippen LogP contribution in [-0.4, -0.2) is 48.8 Å². The van der Waals surface area contributed by atoms with Crippen molar-refractivity contribution < 1.29 is 18.7 Å². The number of morpholine rings is 1. The molecule has 0 saturated carbocycles. The normalized spacial score (nSPS) is 14.5. The number of nitrogens with zero attached hydrogens (tertiary/aromatic N) is 3. The van der Waals surface area contributed by atoms with Gasteiger partial charge in [-0.1, -0.05) is 0 Å². The highest BCUT2D eigenvalue weighted by Gasteiger charge is 2.20. The number of hydrogen-bond donors (Lipinski definition) is 0. The molecule has 0 bridgehead atoms. The van der Waals surface area contributed by atoms with Gasteiger partial charge in [0.2, 0.25) is 0 Å². The number of hydrogen-bond acceptors (Lipinski definition) is 5. The van der Waals surface area contributed by atoms with Gasteiger partial charge in [0.15, 0.2) is 5.65 Å². The van der Waals surface area contributed by atoms with Crippen LogP contribution >= 0.6 is 0 Å². The van der Waals surface area contributed by atoms with Crippen molar-refractivity contribution in [3.05, 3.63) is 53.2 Å². The maximum absolute atomic E-state index is 14.3. The van der Waals surface area contributed by atoms with E-state index in [0.29, 0.717) is 13.2 Å². The van der Waals surface area contributed by atoms with Crippen LogP contribution in [0.4, 0.5) is 10.1 Å². The average Bonchev–Trinajstić information content (AvgIpc) is 3.07. The monoisotopic (exact) mass is 383 g/mol. The van der Waals surface area contributed by atoms with E-state index in [4.69, 9.17) is 9.47 Å². The molecule has 0 unspecified atom stereocenters. The summed E-state index contributed by atoms with van der Waals surface area (Å²) in [6.45, 7) is 6.67. The first-order valence-electron chi connectivity index (χ1n) is 9.19. The van der Waals surface area contributed by atoms with Crippen molar-refractivity contribution in [1.82, 2.24) is 9.38 Å². The van der Waals surface area contributed by atoms with Crippen molar-refractivity contribution in [1.29, 1.82) is 0 Å². The number of pyridine rings is 1. The van der Waals surface area contributed by atoms with E-state index in [1.54, 1.807) is 6.07 Å². The molecule has 0 N–H and O–H groups in total.